The molecule has 1 fully saturated rings. The van der Waals surface area contributed by atoms with Crippen molar-refractivity contribution >= 4 is 11.9 Å². The van der Waals surface area contributed by atoms with Gasteiger partial charge >= 0.3 is 5.97 Å². The highest BCUT2D eigenvalue weighted by atomic mass is 16.5. The van der Waals surface area contributed by atoms with E-state index in [1.165, 1.54) is 11.0 Å². The molecule has 1 saturated heterocycles. The van der Waals surface area contributed by atoms with Crippen molar-refractivity contribution in [2.45, 2.75) is 13.0 Å². The van der Waals surface area contributed by atoms with E-state index >= 15 is 0 Å². The van der Waals surface area contributed by atoms with Gasteiger partial charge in [-0.25, -0.2) is 0 Å². The molecule has 1 N–H and O–H groups in total. The molecule has 18 heavy (non-hydrogen) atoms. The molecule has 7 heteroatoms. The molecule has 1 aromatic heterocycles. The first kappa shape index (κ1) is 12.6. The highest BCUT2D eigenvalue weighted by Gasteiger charge is 2.39. The van der Waals surface area contributed by atoms with Crippen molar-refractivity contribution in [3.05, 3.63) is 17.5 Å². The fourth-order valence-electron chi connectivity index (χ4n) is 1.96. The molecule has 2 atom stereocenters. The standard InChI is InChI=1S/C11H14N2O5/c1-6-3-8(12-18-6)10(14)13(2)9-5-17-4-7(9)11(15)16/h3,7,9H,4-5H2,1-2H3,(H,15,16). The van der Waals surface area contributed by atoms with Crippen LogP contribution in [-0.4, -0.2) is 53.3 Å². The summed E-state index contributed by atoms with van der Waals surface area (Å²) in [5.41, 5.74) is 0.172. The molecule has 2 heterocycles. The van der Waals surface area contributed by atoms with Crippen LogP contribution in [0, 0.1) is 12.8 Å². The lowest BCUT2D eigenvalue weighted by Gasteiger charge is -2.25. The fourth-order valence-corrected chi connectivity index (χ4v) is 1.96. The normalized spacial score (nSPS) is 23.0. The number of hydrogen-bond acceptors (Lipinski definition) is 5. The van der Waals surface area contributed by atoms with Crippen molar-refractivity contribution in [3.8, 4) is 0 Å². The highest BCUT2D eigenvalue weighted by Crippen LogP contribution is 2.20. The predicted molar refractivity (Wildman–Crippen MR) is 59.1 cm³/mol. The number of aliphatic carboxylic acids is 1. The van der Waals surface area contributed by atoms with E-state index in [-0.39, 0.29) is 24.8 Å². The van der Waals surface area contributed by atoms with Crippen LogP contribution in [-0.2, 0) is 9.53 Å². The summed E-state index contributed by atoms with van der Waals surface area (Å²) in [6.07, 6.45) is 0. The molecular weight excluding hydrogens is 240 g/mol. The van der Waals surface area contributed by atoms with Gasteiger partial charge < -0.3 is 19.3 Å². The van der Waals surface area contributed by atoms with Gasteiger partial charge in [-0.3, -0.25) is 9.59 Å². The molecule has 2 rings (SSSR count). The van der Waals surface area contributed by atoms with Crippen LogP contribution in [0.4, 0.5) is 0 Å². The van der Waals surface area contributed by atoms with Gasteiger partial charge in [-0.05, 0) is 6.92 Å². The summed E-state index contributed by atoms with van der Waals surface area (Å²) in [6, 6.07) is 1.04. The predicted octanol–water partition coefficient (Wildman–Crippen LogP) is 0.155. The van der Waals surface area contributed by atoms with E-state index in [1.807, 2.05) is 0 Å². The van der Waals surface area contributed by atoms with Crippen LogP contribution in [0.25, 0.3) is 0 Å². The van der Waals surface area contributed by atoms with Crippen LogP contribution in [0.2, 0.25) is 0 Å². The topological polar surface area (TPSA) is 92.9 Å². The number of carboxylic acids is 1. The minimum Gasteiger partial charge on any atom is -0.481 e. The van der Waals surface area contributed by atoms with Gasteiger partial charge in [0.1, 0.15) is 11.7 Å². The van der Waals surface area contributed by atoms with Crippen LogP contribution < -0.4 is 0 Å². The maximum absolute atomic E-state index is 12.1. The Morgan fingerprint density at radius 3 is 2.78 bits per heavy atom. The first-order chi connectivity index (χ1) is 8.50. The Morgan fingerprint density at radius 1 is 1.50 bits per heavy atom. The number of amides is 1. The van der Waals surface area contributed by atoms with Gasteiger partial charge in [0.05, 0.1) is 19.3 Å². The van der Waals surface area contributed by atoms with Gasteiger partial charge in [-0.1, -0.05) is 5.16 Å². The summed E-state index contributed by atoms with van der Waals surface area (Å²) in [5, 5.41) is 12.7. The second-order valence-electron chi connectivity index (χ2n) is 4.29. The smallest absolute Gasteiger partial charge is 0.311 e. The van der Waals surface area contributed by atoms with Gasteiger partial charge in [0.15, 0.2) is 5.69 Å². The first-order valence-electron chi connectivity index (χ1n) is 5.51. The van der Waals surface area contributed by atoms with Crippen LogP contribution in [0.3, 0.4) is 0 Å². The molecule has 1 aromatic rings. The van der Waals surface area contributed by atoms with Crippen molar-refractivity contribution in [1.29, 1.82) is 0 Å². The molecule has 2 unspecified atom stereocenters. The number of hydrogen-bond donors (Lipinski definition) is 1. The number of carbonyl (C=O) groups is 2. The Bertz CT molecular complexity index is 470. The highest BCUT2D eigenvalue weighted by molar-refractivity contribution is 5.92. The molecule has 0 bridgehead atoms. The van der Waals surface area contributed by atoms with Crippen molar-refractivity contribution in [2.24, 2.45) is 5.92 Å². The molecule has 0 spiro atoms. The molecule has 0 aromatic carbocycles. The van der Waals surface area contributed by atoms with E-state index in [0.717, 1.165) is 0 Å². The zero-order chi connectivity index (χ0) is 13.3. The maximum atomic E-state index is 12.1. The Morgan fingerprint density at radius 2 is 2.22 bits per heavy atom. The average Bonchev–Trinajstić information content (AvgIpc) is 2.95. The van der Waals surface area contributed by atoms with Crippen LogP contribution in [0.5, 0.6) is 0 Å². The van der Waals surface area contributed by atoms with E-state index in [0.29, 0.717) is 5.76 Å². The second-order valence-corrected chi connectivity index (χ2v) is 4.29. The second kappa shape index (κ2) is 4.77. The van der Waals surface area contributed by atoms with E-state index in [4.69, 9.17) is 14.4 Å². The quantitative estimate of drug-likeness (QED) is 0.825. The number of rotatable bonds is 3. The van der Waals surface area contributed by atoms with Crippen molar-refractivity contribution in [2.75, 3.05) is 20.3 Å². The third-order valence-electron chi connectivity index (χ3n) is 3.03. The minimum atomic E-state index is -0.964. The third-order valence-corrected chi connectivity index (χ3v) is 3.03. The van der Waals surface area contributed by atoms with Crippen LogP contribution >= 0.6 is 0 Å². The van der Waals surface area contributed by atoms with Gasteiger partial charge in [0.25, 0.3) is 5.91 Å². The van der Waals surface area contributed by atoms with Crippen molar-refractivity contribution in [3.63, 3.8) is 0 Å². The number of likely N-dealkylation sites (N-methyl/N-ethyl adjacent to an activating group) is 1. The molecule has 1 aliphatic rings. The average molecular weight is 254 g/mol. The maximum Gasteiger partial charge on any atom is 0.311 e. The first-order valence-corrected chi connectivity index (χ1v) is 5.51. The monoisotopic (exact) mass is 254 g/mol. The summed E-state index contributed by atoms with van der Waals surface area (Å²) in [5.74, 6) is -1.50. The Kier molecular flexibility index (Phi) is 3.33. The fraction of sp³-hybridized carbons (Fsp3) is 0.545. The molecule has 1 aliphatic heterocycles. The Balaban J connectivity index is 2.13. The number of aryl methyl sites for hydroxylation is 1. The van der Waals surface area contributed by atoms with Gasteiger partial charge in [-0.2, -0.15) is 0 Å². The Hall–Kier alpha value is -1.89. The number of carboxylic acid groups (broad SMARTS) is 1. The molecule has 0 aliphatic carbocycles. The molecule has 0 radical (unpaired) electrons. The summed E-state index contributed by atoms with van der Waals surface area (Å²) in [4.78, 5) is 24.4. The number of ether oxygens (including phenoxy) is 1. The molecular formula is C11H14N2O5. The molecule has 7 nitrogen and oxygen atoms in total. The lowest BCUT2D eigenvalue weighted by molar-refractivity contribution is -0.142. The minimum absolute atomic E-state index is 0.120. The van der Waals surface area contributed by atoms with Crippen LogP contribution in [0.15, 0.2) is 10.6 Å². The van der Waals surface area contributed by atoms with Gasteiger partial charge in [0.2, 0.25) is 0 Å². The summed E-state index contributed by atoms with van der Waals surface area (Å²) >= 11 is 0. The SMILES string of the molecule is Cc1cc(C(=O)N(C)C2COCC2C(=O)O)no1. The zero-order valence-electron chi connectivity index (χ0n) is 10.1. The molecule has 1 amide bonds. The lowest BCUT2D eigenvalue weighted by Crippen LogP contribution is -2.44. The van der Waals surface area contributed by atoms with E-state index < -0.39 is 17.9 Å². The van der Waals surface area contributed by atoms with Gasteiger partial charge in [-0.15, -0.1) is 0 Å². The van der Waals surface area contributed by atoms with Gasteiger partial charge in [0, 0.05) is 13.1 Å². The zero-order valence-corrected chi connectivity index (χ0v) is 10.1. The van der Waals surface area contributed by atoms with Crippen molar-refractivity contribution < 1.29 is 24.0 Å². The Labute approximate surface area is 103 Å². The molecule has 98 valence electrons. The number of carbonyl (C=O) groups excluding carboxylic acids is 1. The summed E-state index contributed by atoms with van der Waals surface area (Å²) in [6.45, 7) is 2.02. The third kappa shape index (κ3) is 2.21. The van der Waals surface area contributed by atoms with E-state index in [2.05, 4.69) is 5.16 Å². The van der Waals surface area contributed by atoms with Crippen LogP contribution in [0.1, 0.15) is 16.2 Å². The summed E-state index contributed by atoms with van der Waals surface area (Å²) < 4.78 is 9.95. The van der Waals surface area contributed by atoms with E-state index in [9.17, 15) is 9.59 Å². The lowest BCUT2D eigenvalue weighted by atomic mass is 10.0. The van der Waals surface area contributed by atoms with Crippen molar-refractivity contribution in [1.82, 2.24) is 10.1 Å². The number of nitrogens with zero attached hydrogens (tertiary/aromatic N) is 2. The number of aromatic nitrogens is 1. The largest absolute Gasteiger partial charge is 0.481 e. The summed E-state index contributed by atoms with van der Waals surface area (Å²) in [7, 11) is 1.54. The molecule has 0 saturated carbocycles. The van der Waals surface area contributed by atoms with E-state index in [1.54, 1.807) is 14.0 Å².